The van der Waals surface area contributed by atoms with E-state index in [1.165, 1.54) is 5.39 Å². The molecule has 0 bridgehead atoms. The first-order valence-corrected chi connectivity index (χ1v) is 6.43. The van der Waals surface area contributed by atoms with Crippen molar-refractivity contribution in [2.75, 3.05) is 12.4 Å². The van der Waals surface area contributed by atoms with E-state index < -0.39 is 0 Å². The summed E-state index contributed by atoms with van der Waals surface area (Å²) in [6, 6.07) is 12.2. The van der Waals surface area contributed by atoms with Crippen molar-refractivity contribution >= 4 is 28.6 Å². The summed E-state index contributed by atoms with van der Waals surface area (Å²) in [5.74, 6) is 0.635. The third kappa shape index (κ3) is 2.17. The number of nitrogens with one attached hydrogen (secondary N) is 2. The largest absolute Gasteiger partial charge is 0.357 e. The molecule has 4 nitrogen and oxygen atoms in total. The Kier molecular flexibility index (Phi) is 2.90. The Balaban J connectivity index is 1.91. The molecule has 90 valence electrons. The normalized spacial score (nSPS) is 10.7. The average Bonchev–Trinajstić information content (AvgIpc) is 2.81. The van der Waals surface area contributed by atoms with Crippen LogP contribution in [0.5, 0.6) is 0 Å². The van der Waals surface area contributed by atoms with Gasteiger partial charge in [0.05, 0.1) is 5.03 Å². The first kappa shape index (κ1) is 11.1. The Morgan fingerprint density at radius 1 is 1.22 bits per heavy atom. The second-order valence-corrected chi connectivity index (χ2v) is 4.85. The maximum atomic E-state index is 4.38. The number of H-pyrrole nitrogens is 1. The molecular formula is C13H12N4S. The van der Waals surface area contributed by atoms with E-state index in [0.29, 0.717) is 5.95 Å². The van der Waals surface area contributed by atoms with E-state index in [1.807, 2.05) is 25.2 Å². The van der Waals surface area contributed by atoms with Crippen LogP contribution in [0.2, 0.25) is 0 Å². The summed E-state index contributed by atoms with van der Waals surface area (Å²) < 4.78 is 0. The van der Waals surface area contributed by atoms with Crippen LogP contribution in [0, 0.1) is 0 Å². The minimum Gasteiger partial charge on any atom is -0.357 e. The summed E-state index contributed by atoms with van der Waals surface area (Å²) in [4.78, 5) is 11.8. The second kappa shape index (κ2) is 4.70. The number of aromatic nitrogens is 3. The van der Waals surface area contributed by atoms with Crippen molar-refractivity contribution in [2.45, 2.75) is 10.1 Å². The first-order chi connectivity index (χ1) is 8.85. The molecule has 0 aliphatic rings. The van der Waals surface area contributed by atoms with E-state index in [1.54, 1.807) is 18.0 Å². The predicted molar refractivity (Wildman–Crippen MR) is 74.0 cm³/mol. The molecule has 3 aromatic rings. The molecule has 18 heavy (non-hydrogen) atoms. The van der Waals surface area contributed by atoms with Crippen LogP contribution in [0.15, 0.2) is 52.6 Å². The third-order valence-electron chi connectivity index (χ3n) is 2.57. The van der Waals surface area contributed by atoms with Crippen molar-refractivity contribution < 1.29 is 0 Å². The van der Waals surface area contributed by atoms with Gasteiger partial charge < -0.3 is 10.3 Å². The van der Waals surface area contributed by atoms with Gasteiger partial charge in [-0.25, -0.2) is 9.97 Å². The van der Waals surface area contributed by atoms with Gasteiger partial charge in [0.15, 0.2) is 0 Å². The minimum absolute atomic E-state index is 0.635. The SMILES string of the molecule is CNc1nccc(Sc2cc3ccccc3[nH]2)n1. The van der Waals surface area contributed by atoms with Crippen LogP contribution < -0.4 is 5.32 Å². The van der Waals surface area contributed by atoms with Crippen LogP contribution in [0.1, 0.15) is 0 Å². The summed E-state index contributed by atoms with van der Waals surface area (Å²) in [6.07, 6.45) is 1.75. The topological polar surface area (TPSA) is 53.6 Å². The first-order valence-electron chi connectivity index (χ1n) is 5.61. The zero-order chi connectivity index (χ0) is 12.4. The Labute approximate surface area is 109 Å². The van der Waals surface area contributed by atoms with Crippen LogP contribution in [-0.4, -0.2) is 22.0 Å². The molecule has 0 saturated heterocycles. The standard InChI is InChI=1S/C13H12N4S/c1-14-13-15-7-6-11(17-13)18-12-8-9-4-2-3-5-10(9)16-12/h2-8,16H,1H3,(H,14,15,17). The van der Waals surface area contributed by atoms with Gasteiger partial charge in [0.1, 0.15) is 5.03 Å². The third-order valence-corrected chi connectivity index (χ3v) is 3.45. The van der Waals surface area contributed by atoms with Gasteiger partial charge in [0.25, 0.3) is 0 Å². The highest BCUT2D eigenvalue weighted by Gasteiger charge is 2.04. The highest BCUT2D eigenvalue weighted by molar-refractivity contribution is 7.99. The number of anilines is 1. The summed E-state index contributed by atoms with van der Waals surface area (Å²) in [5, 5.41) is 6.14. The Bertz CT molecular complexity index is 644. The van der Waals surface area contributed by atoms with E-state index in [-0.39, 0.29) is 0 Å². The van der Waals surface area contributed by atoms with Crippen molar-refractivity contribution in [3.8, 4) is 0 Å². The summed E-state index contributed by atoms with van der Waals surface area (Å²) in [5.41, 5.74) is 1.14. The summed E-state index contributed by atoms with van der Waals surface area (Å²) >= 11 is 1.60. The van der Waals surface area contributed by atoms with Gasteiger partial charge in [-0.2, -0.15) is 0 Å². The zero-order valence-corrected chi connectivity index (χ0v) is 10.7. The quantitative estimate of drug-likeness (QED) is 0.707. The lowest BCUT2D eigenvalue weighted by Crippen LogP contribution is -1.95. The smallest absolute Gasteiger partial charge is 0.223 e. The average molecular weight is 256 g/mol. The number of fused-ring (bicyclic) bond motifs is 1. The molecule has 5 heteroatoms. The molecule has 0 saturated carbocycles. The number of hydrogen-bond donors (Lipinski definition) is 2. The van der Waals surface area contributed by atoms with E-state index in [9.17, 15) is 0 Å². The fraction of sp³-hybridized carbons (Fsp3) is 0.0769. The molecule has 0 unspecified atom stereocenters. The number of para-hydroxylation sites is 1. The molecule has 0 aliphatic carbocycles. The lowest BCUT2D eigenvalue weighted by Gasteiger charge is -2.00. The number of hydrogen-bond acceptors (Lipinski definition) is 4. The summed E-state index contributed by atoms with van der Waals surface area (Å²) in [7, 11) is 1.81. The monoisotopic (exact) mass is 256 g/mol. The lowest BCUT2D eigenvalue weighted by atomic mass is 10.3. The zero-order valence-electron chi connectivity index (χ0n) is 9.84. The number of aromatic amines is 1. The Morgan fingerprint density at radius 3 is 2.94 bits per heavy atom. The molecular weight excluding hydrogens is 244 g/mol. The van der Waals surface area contributed by atoms with Gasteiger partial charge in [-0.05, 0) is 18.2 Å². The molecule has 0 aliphatic heterocycles. The number of nitrogens with zero attached hydrogens (tertiary/aromatic N) is 2. The summed E-state index contributed by atoms with van der Waals surface area (Å²) in [6.45, 7) is 0. The predicted octanol–water partition coefficient (Wildman–Crippen LogP) is 3.15. The molecule has 2 N–H and O–H groups in total. The van der Waals surface area contributed by atoms with Crippen LogP contribution in [0.4, 0.5) is 5.95 Å². The van der Waals surface area contributed by atoms with Crippen molar-refractivity contribution in [1.82, 2.24) is 15.0 Å². The molecule has 0 fully saturated rings. The van der Waals surface area contributed by atoms with Crippen molar-refractivity contribution in [3.63, 3.8) is 0 Å². The number of rotatable bonds is 3. The molecule has 2 heterocycles. The lowest BCUT2D eigenvalue weighted by molar-refractivity contribution is 1.04. The van der Waals surface area contributed by atoms with Gasteiger partial charge in [0.2, 0.25) is 5.95 Å². The molecule has 0 amide bonds. The fourth-order valence-electron chi connectivity index (χ4n) is 1.73. The maximum absolute atomic E-state index is 4.38. The van der Waals surface area contributed by atoms with Crippen LogP contribution in [0.3, 0.4) is 0 Å². The molecule has 0 radical (unpaired) electrons. The molecule has 0 spiro atoms. The highest BCUT2D eigenvalue weighted by atomic mass is 32.2. The van der Waals surface area contributed by atoms with Gasteiger partial charge in [-0.15, -0.1) is 0 Å². The van der Waals surface area contributed by atoms with Gasteiger partial charge in [-0.3, -0.25) is 0 Å². The maximum Gasteiger partial charge on any atom is 0.223 e. The Morgan fingerprint density at radius 2 is 2.11 bits per heavy atom. The van der Waals surface area contributed by atoms with Crippen LogP contribution in [-0.2, 0) is 0 Å². The molecule has 3 rings (SSSR count). The van der Waals surface area contributed by atoms with Gasteiger partial charge in [0, 0.05) is 24.1 Å². The van der Waals surface area contributed by atoms with Gasteiger partial charge in [-0.1, -0.05) is 30.0 Å². The highest BCUT2D eigenvalue weighted by Crippen LogP contribution is 2.28. The van der Waals surface area contributed by atoms with E-state index >= 15 is 0 Å². The molecule has 0 atom stereocenters. The van der Waals surface area contributed by atoms with E-state index in [4.69, 9.17) is 0 Å². The van der Waals surface area contributed by atoms with Crippen molar-refractivity contribution in [1.29, 1.82) is 0 Å². The van der Waals surface area contributed by atoms with Crippen molar-refractivity contribution in [3.05, 3.63) is 42.6 Å². The fourth-order valence-corrected chi connectivity index (χ4v) is 2.57. The molecule has 2 aromatic heterocycles. The second-order valence-electron chi connectivity index (χ2n) is 3.79. The van der Waals surface area contributed by atoms with Crippen LogP contribution in [0.25, 0.3) is 10.9 Å². The van der Waals surface area contributed by atoms with Crippen molar-refractivity contribution in [2.24, 2.45) is 0 Å². The number of benzene rings is 1. The van der Waals surface area contributed by atoms with E-state index in [2.05, 4.69) is 38.5 Å². The van der Waals surface area contributed by atoms with Gasteiger partial charge >= 0.3 is 0 Å². The van der Waals surface area contributed by atoms with Crippen LogP contribution >= 0.6 is 11.8 Å². The Hall–Kier alpha value is -2.01. The minimum atomic E-state index is 0.635. The molecule has 1 aromatic carbocycles. The van der Waals surface area contributed by atoms with E-state index in [0.717, 1.165) is 15.6 Å².